The fraction of sp³-hybridized carbons (Fsp3) is 0.600. The molecule has 1 aromatic carbocycles. The van der Waals surface area contributed by atoms with E-state index in [2.05, 4.69) is 38.2 Å². The Morgan fingerprint density at radius 3 is 2.82 bits per heavy atom. The van der Waals surface area contributed by atoms with Gasteiger partial charge in [0.15, 0.2) is 0 Å². The van der Waals surface area contributed by atoms with Gasteiger partial charge in [0.1, 0.15) is 0 Å². The Balaban J connectivity index is 1.98. The van der Waals surface area contributed by atoms with Crippen molar-refractivity contribution in [3.63, 3.8) is 0 Å². The first-order chi connectivity index (χ1) is 8.08. The first-order valence-corrected chi connectivity index (χ1v) is 6.97. The third kappa shape index (κ3) is 3.02. The molecule has 0 aliphatic heterocycles. The van der Waals surface area contributed by atoms with Crippen LogP contribution in [0.15, 0.2) is 18.2 Å². The highest BCUT2D eigenvalue weighted by Gasteiger charge is 2.22. The number of benzene rings is 1. The zero-order chi connectivity index (χ0) is 12.4. The number of rotatable bonds is 4. The van der Waals surface area contributed by atoms with Gasteiger partial charge in [-0.1, -0.05) is 38.4 Å². The van der Waals surface area contributed by atoms with Crippen LogP contribution in [0.3, 0.4) is 0 Å². The predicted molar refractivity (Wildman–Crippen MR) is 74.5 cm³/mol. The number of hydrogen-bond acceptors (Lipinski definition) is 1. The fourth-order valence-electron chi connectivity index (χ4n) is 2.36. The van der Waals surface area contributed by atoms with E-state index in [-0.39, 0.29) is 0 Å². The Bertz CT molecular complexity index is 387. The SMILES string of the molecule is CC(C)C(C)CNC1CCc2cc(Cl)ccc21. The van der Waals surface area contributed by atoms with Crippen molar-refractivity contribution < 1.29 is 0 Å². The molecule has 0 saturated heterocycles. The van der Waals surface area contributed by atoms with Gasteiger partial charge in [0.05, 0.1) is 0 Å². The van der Waals surface area contributed by atoms with E-state index in [0.717, 1.165) is 29.8 Å². The monoisotopic (exact) mass is 251 g/mol. The summed E-state index contributed by atoms with van der Waals surface area (Å²) < 4.78 is 0. The predicted octanol–water partition coefficient (Wildman–Crippen LogP) is 4.21. The zero-order valence-electron chi connectivity index (χ0n) is 11.0. The summed E-state index contributed by atoms with van der Waals surface area (Å²) in [6.45, 7) is 7.99. The van der Waals surface area contributed by atoms with Gasteiger partial charge >= 0.3 is 0 Å². The summed E-state index contributed by atoms with van der Waals surface area (Å²) >= 11 is 6.02. The molecule has 0 aromatic heterocycles. The summed E-state index contributed by atoms with van der Waals surface area (Å²) in [5, 5.41) is 4.56. The summed E-state index contributed by atoms with van der Waals surface area (Å²) in [4.78, 5) is 0. The van der Waals surface area contributed by atoms with Crippen molar-refractivity contribution in [2.75, 3.05) is 6.54 Å². The van der Waals surface area contributed by atoms with Gasteiger partial charge in [0.25, 0.3) is 0 Å². The van der Waals surface area contributed by atoms with E-state index in [9.17, 15) is 0 Å². The largest absolute Gasteiger partial charge is 0.310 e. The summed E-state index contributed by atoms with van der Waals surface area (Å²) in [6.07, 6.45) is 2.37. The van der Waals surface area contributed by atoms with Gasteiger partial charge in [0.2, 0.25) is 0 Å². The van der Waals surface area contributed by atoms with Crippen LogP contribution in [0.2, 0.25) is 5.02 Å². The van der Waals surface area contributed by atoms with Gasteiger partial charge in [-0.2, -0.15) is 0 Å². The Labute approximate surface area is 110 Å². The lowest BCUT2D eigenvalue weighted by molar-refractivity contribution is 0.368. The third-order valence-corrected chi connectivity index (χ3v) is 4.24. The first-order valence-electron chi connectivity index (χ1n) is 6.59. The number of aryl methyl sites for hydroxylation is 1. The van der Waals surface area contributed by atoms with Crippen LogP contribution >= 0.6 is 11.6 Å². The molecule has 0 radical (unpaired) electrons. The second-order valence-corrected chi connectivity index (χ2v) is 6.00. The maximum Gasteiger partial charge on any atom is 0.0408 e. The lowest BCUT2D eigenvalue weighted by atomic mass is 9.97. The van der Waals surface area contributed by atoms with Crippen LogP contribution in [0.4, 0.5) is 0 Å². The van der Waals surface area contributed by atoms with Gasteiger partial charge in [-0.15, -0.1) is 0 Å². The van der Waals surface area contributed by atoms with Crippen LogP contribution in [0.25, 0.3) is 0 Å². The van der Waals surface area contributed by atoms with Crippen molar-refractivity contribution in [3.8, 4) is 0 Å². The molecule has 0 bridgehead atoms. The van der Waals surface area contributed by atoms with Gasteiger partial charge < -0.3 is 5.32 Å². The second kappa shape index (κ2) is 5.41. The number of hydrogen-bond donors (Lipinski definition) is 1. The van der Waals surface area contributed by atoms with Gasteiger partial charge in [-0.05, 0) is 54.5 Å². The smallest absolute Gasteiger partial charge is 0.0408 e. The lowest BCUT2D eigenvalue weighted by Crippen LogP contribution is -2.27. The van der Waals surface area contributed by atoms with E-state index in [1.165, 1.54) is 17.5 Å². The molecule has 0 amide bonds. The van der Waals surface area contributed by atoms with Crippen molar-refractivity contribution >= 4 is 11.6 Å². The molecule has 0 heterocycles. The molecule has 2 rings (SSSR count). The molecule has 0 spiro atoms. The highest BCUT2D eigenvalue weighted by Crippen LogP contribution is 2.32. The van der Waals surface area contributed by atoms with Crippen LogP contribution < -0.4 is 5.32 Å². The summed E-state index contributed by atoms with van der Waals surface area (Å²) in [5.74, 6) is 1.47. The highest BCUT2D eigenvalue weighted by molar-refractivity contribution is 6.30. The van der Waals surface area contributed by atoms with Gasteiger partial charge in [0, 0.05) is 11.1 Å². The molecule has 1 nitrogen and oxygen atoms in total. The molecule has 1 aliphatic rings. The van der Waals surface area contributed by atoms with Gasteiger partial charge in [-0.3, -0.25) is 0 Å². The number of nitrogens with one attached hydrogen (secondary N) is 1. The van der Waals surface area contributed by atoms with E-state index < -0.39 is 0 Å². The lowest BCUT2D eigenvalue weighted by Gasteiger charge is -2.20. The first kappa shape index (κ1) is 12.9. The molecule has 94 valence electrons. The number of halogens is 1. The Hall–Kier alpha value is -0.530. The Morgan fingerprint density at radius 2 is 2.12 bits per heavy atom. The van der Waals surface area contributed by atoms with Crippen molar-refractivity contribution in [2.45, 2.75) is 39.7 Å². The second-order valence-electron chi connectivity index (χ2n) is 5.56. The van der Waals surface area contributed by atoms with Crippen LogP contribution in [0.5, 0.6) is 0 Å². The molecule has 17 heavy (non-hydrogen) atoms. The molecule has 1 aromatic rings. The van der Waals surface area contributed by atoms with E-state index in [1.54, 1.807) is 0 Å². The van der Waals surface area contributed by atoms with E-state index in [1.807, 2.05) is 6.07 Å². The molecular weight excluding hydrogens is 230 g/mol. The van der Waals surface area contributed by atoms with Crippen molar-refractivity contribution in [3.05, 3.63) is 34.3 Å². The molecule has 0 saturated carbocycles. The molecule has 2 unspecified atom stereocenters. The number of fused-ring (bicyclic) bond motifs is 1. The summed E-state index contributed by atoms with van der Waals surface area (Å²) in [6, 6.07) is 6.84. The molecule has 2 heteroatoms. The van der Waals surface area contributed by atoms with Crippen LogP contribution in [0, 0.1) is 11.8 Å². The zero-order valence-corrected chi connectivity index (χ0v) is 11.7. The van der Waals surface area contributed by atoms with Crippen molar-refractivity contribution in [2.24, 2.45) is 11.8 Å². The quantitative estimate of drug-likeness (QED) is 0.845. The molecular formula is C15H22ClN. The maximum absolute atomic E-state index is 6.02. The Kier molecular flexibility index (Phi) is 4.11. The van der Waals surface area contributed by atoms with E-state index in [4.69, 9.17) is 11.6 Å². The van der Waals surface area contributed by atoms with Crippen molar-refractivity contribution in [1.29, 1.82) is 0 Å². The fourth-order valence-corrected chi connectivity index (χ4v) is 2.56. The van der Waals surface area contributed by atoms with Gasteiger partial charge in [-0.25, -0.2) is 0 Å². The van der Waals surface area contributed by atoms with Crippen LogP contribution in [-0.4, -0.2) is 6.54 Å². The normalized spacial score (nSPS) is 20.6. The highest BCUT2D eigenvalue weighted by atomic mass is 35.5. The standard InChI is InChI=1S/C15H22ClN/c1-10(2)11(3)9-17-15-7-4-12-8-13(16)5-6-14(12)15/h5-6,8,10-11,15,17H,4,7,9H2,1-3H3. The average Bonchev–Trinajstić information content (AvgIpc) is 2.67. The average molecular weight is 252 g/mol. The molecule has 0 fully saturated rings. The third-order valence-electron chi connectivity index (χ3n) is 4.01. The maximum atomic E-state index is 6.02. The minimum Gasteiger partial charge on any atom is -0.310 e. The topological polar surface area (TPSA) is 12.0 Å². The van der Waals surface area contributed by atoms with Crippen molar-refractivity contribution in [1.82, 2.24) is 5.32 Å². The molecule has 2 atom stereocenters. The van der Waals surface area contributed by atoms with Crippen LogP contribution in [0.1, 0.15) is 44.4 Å². The minimum absolute atomic E-state index is 0.531. The van der Waals surface area contributed by atoms with E-state index >= 15 is 0 Å². The molecule has 1 N–H and O–H groups in total. The minimum atomic E-state index is 0.531. The summed E-state index contributed by atoms with van der Waals surface area (Å²) in [7, 11) is 0. The summed E-state index contributed by atoms with van der Waals surface area (Å²) in [5.41, 5.74) is 2.87. The molecule has 1 aliphatic carbocycles. The van der Waals surface area contributed by atoms with E-state index in [0.29, 0.717) is 6.04 Å². The van der Waals surface area contributed by atoms with Crippen LogP contribution in [-0.2, 0) is 6.42 Å². The Morgan fingerprint density at radius 1 is 1.35 bits per heavy atom.